The quantitative estimate of drug-likeness (QED) is 0.267. The van der Waals surface area contributed by atoms with Gasteiger partial charge in [0.1, 0.15) is 0 Å². The lowest BCUT2D eigenvalue weighted by molar-refractivity contribution is -0.138. The van der Waals surface area contributed by atoms with E-state index in [1.54, 1.807) is 18.2 Å². The van der Waals surface area contributed by atoms with Crippen molar-refractivity contribution in [3.05, 3.63) is 35.9 Å². The van der Waals surface area contributed by atoms with Crippen molar-refractivity contribution in [2.24, 2.45) is 5.84 Å². The fourth-order valence-corrected chi connectivity index (χ4v) is 1.03. The van der Waals surface area contributed by atoms with E-state index < -0.39 is 17.8 Å². The maximum Gasteiger partial charge on any atom is 0.330 e. The van der Waals surface area contributed by atoms with Crippen molar-refractivity contribution in [1.82, 2.24) is 5.43 Å². The van der Waals surface area contributed by atoms with Gasteiger partial charge >= 0.3 is 5.97 Å². The van der Waals surface area contributed by atoms with Crippen LogP contribution in [0.1, 0.15) is 10.4 Å². The molecule has 0 spiro atoms. The van der Waals surface area contributed by atoms with Gasteiger partial charge in [-0.3, -0.25) is 10.6 Å². The standard InChI is InChI=1S/C9H10N2O3/c10-11-7(9(13)14)8(12)6-4-2-1-3-5-6/h1-5,7,11H,10H2,(H,13,14)/t7-/m0/s1. The van der Waals surface area contributed by atoms with Gasteiger partial charge in [0.05, 0.1) is 0 Å². The Bertz CT molecular complexity index is 337. The summed E-state index contributed by atoms with van der Waals surface area (Å²) < 4.78 is 0. The molecule has 0 radical (unpaired) electrons. The van der Waals surface area contributed by atoms with Crippen molar-refractivity contribution in [3.8, 4) is 0 Å². The number of rotatable bonds is 4. The minimum absolute atomic E-state index is 0.317. The molecule has 4 N–H and O–H groups in total. The first kappa shape index (κ1) is 10.4. The zero-order valence-electron chi connectivity index (χ0n) is 7.31. The molecule has 0 fully saturated rings. The molecule has 5 heteroatoms. The maximum absolute atomic E-state index is 11.5. The van der Waals surface area contributed by atoms with Crippen LogP contribution >= 0.6 is 0 Å². The summed E-state index contributed by atoms with van der Waals surface area (Å²) in [5.41, 5.74) is 2.27. The lowest BCUT2D eigenvalue weighted by atomic mass is 10.1. The zero-order chi connectivity index (χ0) is 10.6. The molecule has 0 saturated carbocycles. The summed E-state index contributed by atoms with van der Waals surface area (Å²) in [4.78, 5) is 22.1. The molecule has 1 aromatic carbocycles. The molecule has 0 heterocycles. The first-order chi connectivity index (χ1) is 6.66. The normalized spacial score (nSPS) is 12.1. The molecule has 0 amide bonds. The van der Waals surface area contributed by atoms with Gasteiger partial charge in [0, 0.05) is 5.56 Å². The number of carbonyl (C=O) groups is 2. The van der Waals surface area contributed by atoms with E-state index in [1.807, 2.05) is 5.43 Å². The van der Waals surface area contributed by atoms with Crippen LogP contribution in [0.4, 0.5) is 0 Å². The van der Waals surface area contributed by atoms with Crippen LogP contribution in [-0.2, 0) is 4.79 Å². The number of carbonyl (C=O) groups excluding carboxylic acids is 1. The van der Waals surface area contributed by atoms with Gasteiger partial charge in [-0.05, 0) is 0 Å². The molecule has 0 aliphatic heterocycles. The van der Waals surface area contributed by atoms with Crippen molar-refractivity contribution < 1.29 is 14.7 Å². The second-order valence-electron chi connectivity index (χ2n) is 2.67. The van der Waals surface area contributed by atoms with E-state index in [4.69, 9.17) is 10.9 Å². The molecule has 14 heavy (non-hydrogen) atoms. The maximum atomic E-state index is 11.5. The SMILES string of the molecule is NN[C@H](C(=O)O)C(=O)c1ccccc1. The van der Waals surface area contributed by atoms with Gasteiger partial charge in [0.25, 0.3) is 0 Å². The zero-order valence-corrected chi connectivity index (χ0v) is 7.31. The Morgan fingerprint density at radius 2 is 1.86 bits per heavy atom. The third-order valence-corrected chi connectivity index (χ3v) is 1.73. The third-order valence-electron chi connectivity index (χ3n) is 1.73. The van der Waals surface area contributed by atoms with Gasteiger partial charge in [-0.15, -0.1) is 0 Å². The Hall–Kier alpha value is -1.72. The van der Waals surface area contributed by atoms with Crippen LogP contribution in [0.2, 0.25) is 0 Å². The molecule has 1 aromatic rings. The molecule has 0 unspecified atom stereocenters. The number of nitrogens with one attached hydrogen (secondary N) is 1. The number of benzene rings is 1. The minimum Gasteiger partial charge on any atom is -0.480 e. The van der Waals surface area contributed by atoms with Crippen LogP contribution in [0.25, 0.3) is 0 Å². The lowest BCUT2D eigenvalue weighted by Gasteiger charge is -2.08. The van der Waals surface area contributed by atoms with Crippen LogP contribution in [0, 0.1) is 0 Å². The Morgan fingerprint density at radius 3 is 2.29 bits per heavy atom. The molecule has 1 rings (SSSR count). The molecular weight excluding hydrogens is 184 g/mol. The summed E-state index contributed by atoms with van der Waals surface area (Å²) in [6, 6.07) is 6.73. The third kappa shape index (κ3) is 2.15. The monoisotopic (exact) mass is 194 g/mol. The highest BCUT2D eigenvalue weighted by molar-refractivity contribution is 6.11. The number of Topliss-reactive ketones (excluding diaryl/α,β-unsaturated/α-hetero) is 1. The van der Waals surface area contributed by atoms with Gasteiger partial charge in [0.15, 0.2) is 11.8 Å². The lowest BCUT2D eigenvalue weighted by Crippen LogP contribution is -2.47. The Labute approximate surface area is 80.5 Å². The fraction of sp³-hybridized carbons (Fsp3) is 0.111. The van der Waals surface area contributed by atoms with Gasteiger partial charge < -0.3 is 5.11 Å². The van der Waals surface area contributed by atoms with Crippen LogP contribution < -0.4 is 11.3 Å². The molecule has 0 saturated heterocycles. The van der Waals surface area contributed by atoms with Crippen molar-refractivity contribution in [2.45, 2.75) is 6.04 Å². The number of carboxylic acid groups (broad SMARTS) is 1. The van der Waals surface area contributed by atoms with Crippen LogP contribution in [0.5, 0.6) is 0 Å². The first-order valence-electron chi connectivity index (χ1n) is 3.95. The van der Waals surface area contributed by atoms with E-state index in [0.717, 1.165) is 0 Å². The Morgan fingerprint density at radius 1 is 1.29 bits per heavy atom. The number of hydrogen-bond acceptors (Lipinski definition) is 4. The summed E-state index contributed by atoms with van der Waals surface area (Å²) >= 11 is 0. The molecule has 0 aliphatic rings. The van der Waals surface area contributed by atoms with Crippen molar-refractivity contribution in [2.75, 3.05) is 0 Å². The Kier molecular flexibility index (Phi) is 3.33. The molecule has 0 aromatic heterocycles. The van der Waals surface area contributed by atoms with Crippen molar-refractivity contribution >= 4 is 11.8 Å². The number of ketones is 1. The Balaban J connectivity index is 2.89. The number of hydrazine groups is 1. The van der Waals surface area contributed by atoms with Gasteiger partial charge in [0.2, 0.25) is 0 Å². The highest BCUT2D eigenvalue weighted by Crippen LogP contribution is 2.03. The molecule has 1 atom stereocenters. The summed E-state index contributed by atoms with van der Waals surface area (Å²) in [7, 11) is 0. The number of nitrogens with two attached hydrogens (primary N) is 1. The average Bonchev–Trinajstić information content (AvgIpc) is 2.19. The average molecular weight is 194 g/mol. The summed E-state index contributed by atoms with van der Waals surface area (Å²) in [6.07, 6.45) is 0. The summed E-state index contributed by atoms with van der Waals surface area (Å²) in [5.74, 6) is 3.11. The van der Waals surface area contributed by atoms with Gasteiger partial charge in [-0.25, -0.2) is 10.2 Å². The number of carboxylic acids is 1. The molecular formula is C9H10N2O3. The van der Waals surface area contributed by atoms with Gasteiger partial charge in [-0.2, -0.15) is 0 Å². The number of hydrogen-bond donors (Lipinski definition) is 3. The van der Waals surface area contributed by atoms with Gasteiger partial charge in [-0.1, -0.05) is 30.3 Å². The van der Waals surface area contributed by atoms with E-state index in [9.17, 15) is 9.59 Å². The highest BCUT2D eigenvalue weighted by atomic mass is 16.4. The highest BCUT2D eigenvalue weighted by Gasteiger charge is 2.25. The summed E-state index contributed by atoms with van der Waals surface area (Å²) in [5, 5.41) is 8.64. The van der Waals surface area contributed by atoms with E-state index in [2.05, 4.69) is 0 Å². The van der Waals surface area contributed by atoms with Crippen LogP contribution in [-0.4, -0.2) is 22.9 Å². The first-order valence-corrected chi connectivity index (χ1v) is 3.95. The largest absolute Gasteiger partial charge is 0.480 e. The topological polar surface area (TPSA) is 92.4 Å². The second-order valence-corrected chi connectivity index (χ2v) is 2.67. The molecule has 0 aliphatic carbocycles. The molecule has 5 nitrogen and oxygen atoms in total. The van der Waals surface area contributed by atoms with E-state index in [0.29, 0.717) is 5.56 Å². The van der Waals surface area contributed by atoms with E-state index in [-0.39, 0.29) is 0 Å². The predicted octanol–water partition coefficient (Wildman–Crippen LogP) is -0.214. The van der Waals surface area contributed by atoms with E-state index >= 15 is 0 Å². The fourth-order valence-electron chi connectivity index (χ4n) is 1.03. The van der Waals surface area contributed by atoms with Crippen molar-refractivity contribution in [1.29, 1.82) is 0 Å². The van der Waals surface area contributed by atoms with Crippen LogP contribution in [0.15, 0.2) is 30.3 Å². The second kappa shape index (κ2) is 4.50. The smallest absolute Gasteiger partial charge is 0.330 e. The van der Waals surface area contributed by atoms with Crippen LogP contribution in [0.3, 0.4) is 0 Å². The summed E-state index contributed by atoms with van der Waals surface area (Å²) in [6.45, 7) is 0. The van der Waals surface area contributed by atoms with Crippen molar-refractivity contribution in [3.63, 3.8) is 0 Å². The van der Waals surface area contributed by atoms with E-state index in [1.165, 1.54) is 12.1 Å². The predicted molar refractivity (Wildman–Crippen MR) is 49.5 cm³/mol. The minimum atomic E-state index is -1.39. The molecule has 0 bridgehead atoms. The molecule has 74 valence electrons. The number of aliphatic carboxylic acids is 1.